The van der Waals surface area contributed by atoms with Gasteiger partial charge in [0.2, 0.25) is 11.4 Å². The van der Waals surface area contributed by atoms with Crippen LogP contribution in [0.3, 0.4) is 0 Å². The first-order valence-electron chi connectivity index (χ1n) is 6.00. The minimum Gasteiger partial charge on any atom is -0.618 e. The van der Waals surface area contributed by atoms with Crippen molar-refractivity contribution in [2.45, 2.75) is 19.3 Å². The third-order valence-corrected chi connectivity index (χ3v) is 3.44. The van der Waals surface area contributed by atoms with Crippen LogP contribution < -0.4 is 0 Å². The van der Waals surface area contributed by atoms with Gasteiger partial charge >= 0.3 is 0 Å². The van der Waals surface area contributed by atoms with Crippen molar-refractivity contribution in [3.63, 3.8) is 0 Å². The van der Waals surface area contributed by atoms with Gasteiger partial charge in [-0.05, 0) is 25.0 Å². The minimum atomic E-state index is 0.344. The average molecular weight is 242 g/mol. The molecule has 0 spiro atoms. The number of benzene rings is 1. The Morgan fingerprint density at radius 1 is 1.22 bits per heavy atom. The Morgan fingerprint density at radius 2 is 1.94 bits per heavy atom. The van der Waals surface area contributed by atoms with E-state index in [1.807, 2.05) is 30.3 Å². The summed E-state index contributed by atoms with van der Waals surface area (Å²) in [6.45, 7) is 3.83. The molecule has 0 aromatic heterocycles. The summed E-state index contributed by atoms with van der Waals surface area (Å²) in [4.78, 5) is 0. The lowest BCUT2D eigenvalue weighted by molar-refractivity contribution is -0.410. The molecule has 92 valence electrons. The minimum absolute atomic E-state index is 0.344. The maximum absolute atomic E-state index is 12.4. The number of nitrogens with zero attached hydrogens (tertiary/aromatic N) is 2. The van der Waals surface area contributed by atoms with E-state index in [1.165, 1.54) is 0 Å². The molecule has 1 N–H and O–H groups in total. The zero-order valence-electron chi connectivity index (χ0n) is 9.97. The summed E-state index contributed by atoms with van der Waals surface area (Å²) in [5.74, 6) is 0. The third kappa shape index (κ3) is 1.46. The topological polar surface area (TPSA) is 49.5 Å². The molecule has 18 heavy (non-hydrogen) atoms. The van der Waals surface area contributed by atoms with E-state index in [0.29, 0.717) is 29.2 Å². The smallest absolute Gasteiger partial charge is 0.249 e. The molecule has 0 saturated heterocycles. The second-order valence-corrected chi connectivity index (χ2v) is 4.51. The summed E-state index contributed by atoms with van der Waals surface area (Å²) in [6.07, 6.45) is 2.33. The van der Waals surface area contributed by atoms with E-state index >= 15 is 0 Å². The van der Waals surface area contributed by atoms with Crippen LogP contribution in [0.25, 0.3) is 0 Å². The van der Waals surface area contributed by atoms with Gasteiger partial charge in [0.25, 0.3) is 0 Å². The predicted octanol–water partition coefficient (Wildman–Crippen LogP) is 2.60. The molecule has 0 amide bonds. The molecule has 0 saturated carbocycles. The van der Waals surface area contributed by atoms with E-state index in [4.69, 9.17) is 0 Å². The molecule has 1 heterocycles. The monoisotopic (exact) mass is 242 g/mol. The highest BCUT2D eigenvalue weighted by Crippen LogP contribution is 2.34. The van der Waals surface area contributed by atoms with Crippen LogP contribution in [-0.4, -0.2) is 20.7 Å². The van der Waals surface area contributed by atoms with Gasteiger partial charge in [-0.2, -0.15) is 4.74 Å². The van der Waals surface area contributed by atoms with Crippen LogP contribution in [0.5, 0.6) is 0 Å². The van der Waals surface area contributed by atoms with Gasteiger partial charge in [0.05, 0.1) is 0 Å². The zero-order chi connectivity index (χ0) is 12.7. The van der Waals surface area contributed by atoms with Crippen LogP contribution in [0.15, 0.2) is 54.0 Å². The molecule has 1 aliphatic heterocycles. The summed E-state index contributed by atoms with van der Waals surface area (Å²) in [5, 5.41) is 23.5. The fourth-order valence-corrected chi connectivity index (χ4v) is 2.55. The van der Waals surface area contributed by atoms with E-state index in [0.717, 1.165) is 28.2 Å². The van der Waals surface area contributed by atoms with Gasteiger partial charge in [-0.1, -0.05) is 24.8 Å². The molecular weight excluding hydrogens is 228 g/mol. The van der Waals surface area contributed by atoms with Crippen LogP contribution in [0.4, 0.5) is 0 Å². The highest BCUT2D eigenvalue weighted by Gasteiger charge is 2.37. The Labute approximate surface area is 105 Å². The normalized spacial score (nSPS) is 19.6. The fraction of sp³-hybridized carbons (Fsp3) is 0.214. The lowest BCUT2D eigenvalue weighted by Gasteiger charge is -2.26. The van der Waals surface area contributed by atoms with Gasteiger partial charge in [-0.15, -0.1) is 0 Å². The van der Waals surface area contributed by atoms with E-state index in [2.05, 4.69) is 6.58 Å². The molecule has 0 radical (unpaired) electrons. The van der Waals surface area contributed by atoms with Crippen molar-refractivity contribution in [2.75, 3.05) is 0 Å². The van der Waals surface area contributed by atoms with E-state index in [9.17, 15) is 10.4 Å². The standard InChI is InChI=1S/C14H14N2O2/c1-10-14(11-6-3-2-4-7-11)16(18)13-9-5-8-12(13)15(10)17/h2-4,6-7,17H,1,5,8-9H2. The number of allylic oxidation sites excluding steroid dienone is 3. The van der Waals surface area contributed by atoms with Crippen LogP contribution in [0, 0.1) is 5.21 Å². The lowest BCUT2D eigenvalue weighted by Crippen LogP contribution is -2.34. The first-order valence-corrected chi connectivity index (χ1v) is 6.00. The number of hydroxylamine groups is 3. The molecule has 2 aliphatic rings. The molecule has 0 bridgehead atoms. The van der Waals surface area contributed by atoms with Gasteiger partial charge < -0.3 is 5.21 Å². The Bertz CT molecular complexity index is 573. The van der Waals surface area contributed by atoms with E-state index in [-0.39, 0.29) is 0 Å². The van der Waals surface area contributed by atoms with Crippen LogP contribution >= 0.6 is 0 Å². The quantitative estimate of drug-likeness (QED) is 0.608. The van der Waals surface area contributed by atoms with Gasteiger partial charge in [0.15, 0.2) is 0 Å². The molecule has 0 atom stereocenters. The molecular formula is C14H14N2O2. The van der Waals surface area contributed by atoms with Crippen LogP contribution in [-0.2, 0) is 0 Å². The molecule has 1 aromatic rings. The molecule has 3 rings (SSSR count). The van der Waals surface area contributed by atoms with E-state index < -0.39 is 0 Å². The number of rotatable bonds is 1. The van der Waals surface area contributed by atoms with Crippen molar-refractivity contribution >= 4 is 5.71 Å². The maximum Gasteiger partial charge on any atom is 0.249 e. The molecule has 0 unspecified atom stereocenters. The van der Waals surface area contributed by atoms with Crippen LogP contribution in [0.2, 0.25) is 0 Å². The van der Waals surface area contributed by atoms with Gasteiger partial charge in [0.1, 0.15) is 11.4 Å². The van der Waals surface area contributed by atoms with E-state index in [1.54, 1.807) is 0 Å². The van der Waals surface area contributed by atoms with Gasteiger partial charge in [0, 0.05) is 12.0 Å². The SMILES string of the molecule is C=C1C(c2ccccc2)=[N+]([O-])C2=C(CCC2)N1O. The molecule has 4 heteroatoms. The fourth-order valence-electron chi connectivity index (χ4n) is 2.55. The third-order valence-electron chi connectivity index (χ3n) is 3.44. The second kappa shape index (κ2) is 3.99. The predicted molar refractivity (Wildman–Crippen MR) is 67.8 cm³/mol. The van der Waals surface area contributed by atoms with Crippen molar-refractivity contribution in [2.24, 2.45) is 0 Å². The van der Waals surface area contributed by atoms with Crippen molar-refractivity contribution in [3.05, 3.63) is 64.8 Å². The van der Waals surface area contributed by atoms with Crippen molar-refractivity contribution < 1.29 is 9.95 Å². The van der Waals surface area contributed by atoms with Crippen molar-refractivity contribution in [3.8, 4) is 0 Å². The Balaban J connectivity index is 2.18. The largest absolute Gasteiger partial charge is 0.618 e. The lowest BCUT2D eigenvalue weighted by atomic mass is 10.1. The second-order valence-electron chi connectivity index (χ2n) is 4.51. The van der Waals surface area contributed by atoms with Crippen molar-refractivity contribution in [1.82, 2.24) is 5.06 Å². The number of hydrogen-bond acceptors (Lipinski definition) is 3. The molecule has 1 aromatic carbocycles. The Morgan fingerprint density at radius 3 is 2.67 bits per heavy atom. The summed E-state index contributed by atoms with van der Waals surface area (Å²) < 4.78 is 0.923. The highest BCUT2D eigenvalue weighted by molar-refractivity contribution is 6.09. The summed E-state index contributed by atoms with van der Waals surface area (Å²) in [5.41, 5.74) is 2.89. The van der Waals surface area contributed by atoms with Gasteiger partial charge in [-0.3, -0.25) is 5.21 Å². The number of hydrogen-bond donors (Lipinski definition) is 1. The van der Waals surface area contributed by atoms with Gasteiger partial charge in [-0.25, -0.2) is 5.06 Å². The molecule has 1 aliphatic carbocycles. The summed E-state index contributed by atoms with van der Waals surface area (Å²) in [6, 6.07) is 9.31. The first kappa shape index (κ1) is 11.0. The summed E-state index contributed by atoms with van der Waals surface area (Å²) in [7, 11) is 0. The molecule has 4 nitrogen and oxygen atoms in total. The average Bonchev–Trinajstić information content (AvgIpc) is 2.87. The first-order chi connectivity index (χ1) is 8.70. The van der Waals surface area contributed by atoms with Crippen LogP contribution in [0.1, 0.15) is 24.8 Å². The van der Waals surface area contributed by atoms with Crippen molar-refractivity contribution in [1.29, 1.82) is 0 Å². The summed E-state index contributed by atoms with van der Waals surface area (Å²) >= 11 is 0. The molecule has 0 fully saturated rings. The Kier molecular flexibility index (Phi) is 2.45. The maximum atomic E-state index is 12.4. The zero-order valence-corrected chi connectivity index (χ0v) is 9.97. The highest BCUT2D eigenvalue weighted by atomic mass is 16.5. The Hall–Kier alpha value is -2.07.